The van der Waals surface area contributed by atoms with Crippen LogP contribution >= 0.6 is 0 Å². The van der Waals surface area contributed by atoms with Crippen molar-refractivity contribution in [2.45, 2.75) is 0 Å². The van der Waals surface area contributed by atoms with Crippen LogP contribution in [0.1, 0.15) is 11.4 Å². The van der Waals surface area contributed by atoms with Crippen molar-refractivity contribution in [1.82, 2.24) is 14.9 Å². The Morgan fingerprint density at radius 1 is 0.900 bits per heavy atom. The molecule has 0 bridgehead atoms. The molecule has 0 aliphatic carbocycles. The van der Waals surface area contributed by atoms with Crippen LogP contribution in [-0.2, 0) is 0 Å². The van der Waals surface area contributed by atoms with Gasteiger partial charge in [-0.15, -0.1) is 0 Å². The second-order valence-corrected chi connectivity index (χ2v) is 7.38. The molecule has 4 aromatic rings. The van der Waals surface area contributed by atoms with E-state index in [0.717, 1.165) is 52.7 Å². The fourth-order valence-corrected chi connectivity index (χ4v) is 3.23. The fourth-order valence-electron chi connectivity index (χ4n) is 3.23. The minimum atomic E-state index is -0.880. The van der Waals surface area contributed by atoms with Crippen LogP contribution in [0.5, 0.6) is 0 Å². The molecule has 0 atom stereocenters. The zero-order valence-corrected chi connectivity index (χ0v) is 16.9. The number of nitrogens with zero attached hydrogens (tertiary/aromatic N) is 3. The number of hydrogen-bond acceptors (Lipinski definition) is 4. The Hall–Kier alpha value is -3.38. The summed E-state index contributed by atoms with van der Waals surface area (Å²) < 4.78 is 26.6. The van der Waals surface area contributed by atoms with Crippen molar-refractivity contribution in [3.8, 4) is 0 Å². The Bertz CT molecular complexity index is 1230. The monoisotopic (exact) mass is 404 g/mol. The van der Waals surface area contributed by atoms with Gasteiger partial charge in [0.15, 0.2) is 17.5 Å². The predicted octanol–water partition coefficient (Wildman–Crippen LogP) is 5.21. The van der Waals surface area contributed by atoms with Gasteiger partial charge in [0.1, 0.15) is 5.82 Å². The van der Waals surface area contributed by atoms with E-state index in [1.54, 1.807) is 12.2 Å². The maximum atomic E-state index is 13.5. The van der Waals surface area contributed by atoms with Gasteiger partial charge in [-0.05, 0) is 60.8 Å². The van der Waals surface area contributed by atoms with E-state index in [1.807, 2.05) is 38.4 Å². The van der Waals surface area contributed by atoms with Crippen molar-refractivity contribution in [2.75, 3.05) is 32.5 Å². The number of anilines is 1. The molecule has 0 spiro atoms. The summed E-state index contributed by atoms with van der Waals surface area (Å²) >= 11 is 0. The Kier molecular flexibility index (Phi) is 5.68. The van der Waals surface area contributed by atoms with Gasteiger partial charge in [-0.25, -0.2) is 18.7 Å². The zero-order valence-electron chi connectivity index (χ0n) is 16.9. The Morgan fingerprint density at radius 2 is 1.67 bits per heavy atom. The lowest BCUT2D eigenvalue weighted by atomic mass is 10.1. The highest BCUT2D eigenvalue weighted by Gasteiger charge is 2.09. The predicted molar refractivity (Wildman–Crippen MR) is 119 cm³/mol. The van der Waals surface area contributed by atoms with Crippen molar-refractivity contribution in [2.24, 2.45) is 0 Å². The fraction of sp³-hybridized carbons (Fsp3) is 0.167. The van der Waals surface area contributed by atoms with E-state index in [4.69, 9.17) is 0 Å². The van der Waals surface area contributed by atoms with Crippen LogP contribution in [-0.4, -0.2) is 42.1 Å². The van der Waals surface area contributed by atoms with Crippen molar-refractivity contribution in [1.29, 1.82) is 0 Å². The van der Waals surface area contributed by atoms with Gasteiger partial charge in [-0.2, -0.15) is 0 Å². The summed E-state index contributed by atoms with van der Waals surface area (Å²) in [6, 6.07) is 16.0. The average Bonchev–Trinajstić information content (AvgIpc) is 2.73. The van der Waals surface area contributed by atoms with E-state index in [0.29, 0.717) is 11.4 Å². The Morgan fingerprint density at radius 3 is 2.40 bits per heavy atom. The second kappa shape index (κ2) is 8.55. The van der Waals surface area contributed by atoms with E-state index in [2.05, 4.69) is 32.3 Å². The summed E-state index contributed by atoms with van der Waals surface area (Å²) in [6.45, 7) is 1.59. The van der Waals surface area contributed by atoms with Crippen LogP contribution in [0.25, 0.3) is 33.8 Å². The molecule has 0 amide bonds. The summed E-state index contributed by atoms with van der Waals surface area (Å²) in [7, 11) is 4.03. The van der Waals surface area contributed by atoms with Crippen LogP contribution in [0.3, 0.4) is 0 Å². The molecule has 3 aromatic carbocycles. The highest BCUT2D eigenvalue weighted by Crippen LogP contribution is 2.27. The Labute approximate surface area is 173 Å². The molecule has 4 nitrogen and oxygen atoms in total. The largest absolute Gasteiger partial charge is 0.368 e. The molecule has 0 saturated heterocycles. The summed E-state index contributed by atoms with van der Waals surface area (Å²) in [4.78, 5) is 11.4. The lowest BCUT2D eigenvalue weighted by Gasteiger charge is -2.13. The molecule has 0 saturated carbocycles. The first-order valence-electron chi connectivity index (χ1n) is 9.72. The number of nitrogens with one attached hydrogen (secondary N) is 1. The third kappa shape index (κ3) is 4.44. The van der Waals surface area contributed by atoms with Crippen LogP contribution < -0.4 is 5.32 Å². The first-order chi connectivity index (χ1) is 14.5. The highest BCUT2D eigenvalue weighted by atomic mass is 19.2. The van der Waals surface area contributed by atoms with Gasteiger partial charge < -0.3 is 10.2 Å². The SMILES string of the molecule is CN(C)CCNc1nc(/C=C/c2ccc(F)c(F)c2)nc2cc3ccccc3cc12. The first kappa shape index (κ1) is 19.9. The van der Waals surface area contributed by atoms with Gasteiger partial charge in [0.05, 0.1) is 5.52 Å². The van der Waals surface area contributed by atoms with Gasteiger partial charge in [0.2, 0.25) is 0 Å². The number of halogens is 2. The van der Waals surface area contributed by atoms with E-state index in [-0.39, 0.29) is 0 Å². The number of benzene rings is 3. The molecule has 0 radical (unpaired) electrons. The minimum Gasteiger partial charge on any atom is -0.368 e. The molecule has 1 heterocycles. The number of aromatic nitrogens is 2. The van der Waals surface area contributed by atoms with E-state index < -0.39 is 11.6 Å². The molecule has 0 unspecified atom stereocenters. The number of fused-ring (bicyclic) bond motifs is 2. The van der Waals surface area contributed by atoms with Crippen LogP contribution in [0, 0.1) is 11.6 Å². The molecule has 0 fully saturated rings. The van der Waals surface area contributed by atoms with Gasteiger partial charge >= 0.3 is 0 Å². The van der Waals surface area contributed by atoms with Crippen molar-refractivity contribution < 1.29 is 8.78 Å². The lowest BCUT2D eigenvalue weighted by molar-refractivity contribution is 0.425. The topological polar surface area (TPSA) is 41.0 Å². The van der Waals surface area contributed by atoms with Crippen LogP contribution in [0.15, 0.2) is 54.6 Å². The zero-order chi connectivity index (χ0) is 21.1. The van der Waals surface area contributed by atoms with Crippen molar-refractivity contribution in [3.63, 3.8) is 0 Å². The molecule has 1 N–H and O–H groups in total. The maximum absolute atomic E-state index is 13.5. The van der Waals surface area contributed by atoms with E-state index >= 15 is 0 Å². The molecular weight excluding hydrogens is 382 g/mol. The minimum absolute atomic E-state index is 0.495. The molecule has 4 rings (SSSR count). The smallest absolute Gasteiger partial charge is 0.159 e. The van der Waals surface area contributed by atoms with Crippen molar-refractivity contribution >= 4 is 39.6 Å². The molecule has 0 aliphatic rings. The molecule has 6 heteroatoms. The summed E-state index contributed by atoms with van der Waals surface area (Å²) in [6.07, 6.45) is 3.38. The number of likely N-dealkylation sites (N-methyl/N-ethyl adjacent to an activating group) is 1. The van der Waals surface area contributed by atoms with Gasteiger partial charge in [0.25, 0.3) is 0 Å². The summed E-state index contributed by atoms with van der Waals surface area (Å²) in [5, 5.41) is 6.56. The average molecular weight is 404 g/mol. The Balaban J connectivity index is 1.75. The highest BCUT2D eigenvalue weighted by molar-refractivity contribution is 6.01. The maximum Gasteiger partial charge on any atom is 0.159 e. The second-order valence-electron chi connectivity index (χ2n) is 7.38. The van der Waals surface area contributed by atoms with Crippen LogP contribution in [0.2, 0.25) is 0 Å². The first-order valence-corrected chi connectivity index (χ1v) is 9.72. The van der Waals surface area contributed by atoms with Crippen molar-refractivity contribution in [3.05, 3.63) is 77.6 Å². The quantitative estimate of drug-likeness (QED) is 0.448. The van der Waals surface area contributed by atoms with Crippen LogP contribution in [0.4, 0.5) is 14.6 Å². The van der Waals surface area contributed by atoms with E-state index in [9.17, 15) is 8.78 Å². The molecular formula is C24H22F2N4. The van der Waals surface area contributed by atoms with Gasteiger partial charge in [0, 0.05) is 18.5 Å². The van der Waals surface area contributed by atoms with Gasteiger partial charge in [-0.1, -0.05) is 36.4 Å². The summed E-state index contributed by atoms with van der Waals surface area (Å²) in [5.74, 6) is -0.505. The number of hydrogen-bond donors (Lipinski definition) is 1. The third-order valence-corrected chi connectivity index (χ3v) is 4.80. The van der Waals surface area contributed by atoms with E-state index in [1.165, 1.54) is 6.07 Å². The molecule has 152 valence electrons. The van der Waals surface area contributed by atoms with Gasteiger partial charge in [-0.3, -0.25) is 0 Å². The molecule has 30 heavy (non-hydrogen) atoms. The third-order valence-electron chi connectivity index (χ3n) is 4.80. The molecule has 0 aliphatic heterocycles. The number of rotatable bonds is 6. The summed E-state index contributed by atoms with van der Waals surface area (Å²) in [5.41, 5.74) is 1.36. The standard InChI is InChI=1S/C24H22F2N4/c1-30(2)12-11-27-24-19-14-17-5-3-4-6-18(17)15-22(19)28-23(29-24)10-8-16-7-9-20(25)21(26)13-16/h3-10,13-15H,11-12H2,1-2H3,(H,27,28,29)/b10-8+. The normalized spacial score (nSPS) is 11.8. The molecule has 1 aromatic heterocycles. The lowest BCUT2D eigenvalue weighted by Crippen LogP contribution is -2.21.